The first kappa shape index (κ1) is 53.8. The van der Waals surface area contributed by atoms with E-state index in [1.54, 1.807) is 60.6 Å². The van der Waals surface area contributed by atoms with Gasteiger partial charge in [0.05, 0.1) is 37.6 Å². The van der Waals surface area contributed by atoms with Gasteiger partial charge in [-0.3, -0.25) is 14.6 Å². The molecular formula is C51H62ClF2N11O8. The summed E-state index contributed by atoms with van der Waals surface area (Å²) < 4.78 is 59.7. The third-order valence-corrected chi connectivity index (χ3v) is 13.1. The number of aliphatic hydroxyl groups excluding tert-OH is 1. The minimum absolute atomic E-state index is 0. The molecule has 2 saturated heterocycles. The van der Waals surface area contributed by atoms with E-state index in [2.05, 4.69) is 25.0 Å². The summed E-state index contributed by atoms with van der Waals surface area (Å²) in [4.78, 5) is 50.5. The summed E-state index contributed by atoms with van der Waals surface area (Å²) in [6.45, 7) is 9.07. The van der Waals surface area contributed by atoms with Crippen molar-refractivity contribution in [1.29, 1.82) is 0 Å². The normalized spacial score (nSPS) is 18.0. The molecule has 6 aromatic rings. The minimum Gasteiger partial charge on any atom is -1.00 e. The molecule has 0 spiro atoms. The highest BCUT2D eigenvalue weighted by atomic mass is 35.5. The topological polar surface area (TPSA) is 179 Å². The molecule has 1 amide bonds. The van der Waals surface area contributed by atoms with Crippen LogP contribution in [0.25, 0.3) is 5.69 Å². The first-order valence-electron chi connectivity index (χ1n) is 24.0. The molecule has 0 saturated carbocycles. The van der Waals surface area contributed by atoms with Gasteiger partial charge in [0.1, 0.15) is 48.3 Å². The fourth-order valence-electron chi connectivity index (χ4n) is 9.21. The average molecular weight is 1030 g/mol. The number of hydrogen-bond acceptors (Lipinski definition) is 14. The van der Waals surface area contributed by atoms with E-state index in [9.17, 15) is 23.9 Å². The monoisotopic (exact) mass is 1030 g/mol. The number of amides is 1. The largest absolute Gasteiger partial charge is 1.00 e. The Labute approximate surface area is 428 Å². The number of likely N-dealkylation sites (N-methyl/N-ethyl adjacent to an activating group) is 1. The standard InChI is InChI=1S/C51H62F2N11O8.ClH/c1-7-46(35(2)65)64-49(67)63(33-56-64)42-13-11-40(12-14-42)59-21-23-60(24-22-59)41-15-17-43(18-16-41)69-28-37-26-51(71-29-37,44-19-10-39(52)25-45(44)53)31-62-34-61(32-55-62)36(3)72-50(68)58(6)48-38(9-8-20-54-48)30-70-47(66)27-57(4)5;/h8-20,25,32-37,46,65H,7,21-24,26-31H2,1-6H3;1H/q+1;/p-1/t35-,36?,37+,46-,51-;/m0./s1. The first-order valence-corrected chi connectivity index (χ1v) is 24.0. The summed E-state index contributed by atoms with van der Waals surface area (Å²) in [5.41, 5.74) is 2.02. The number of ether oxygens (including phenoxy) is 4. The van der Waals surface area contributed by atoms with Crippen LogP contribution in [0.5, 0.6) is 5.75 Å². The van der Waals surface area contributed by atoms with Crippen LogP contribution in [0.15, 0.2) is 109 Å². The van der Waals surface area contributed by atoms with Crippen molar-refractivity contribution >= 4 is 29.3 Å². The van der Waals surface area contributed by atoms with Gasteiger partial charge in [-0.15, -0.1) is 4.68 Å². The highest BCUT2D eigenvalue weighted by molar-refractivity contribution is 5.86. The number of halogens is 3. The molecular weight excluding hydrogens is 968 g/mol. The van der Waals surface area contributed by atoms with Crippen molar-refractivity contribution < 1.29 is 59.4 Å². The second-order valence-electron chi connectivity index (χ2n) is 18.6. The number of aliphatic hydroxyl groups is 1. The van der Waals surface area contributed by atoms with E-state index < -0.39 is 47.7 Å². The van der Waals surface area contributed by atoms with Gasteiger partial charge in [0.25, 0.3) is 6.33 Å². The smallest absolute Gasteiger partial charge is 0.418 e. The van der Waals surface area contributed by atoms with Gasteiger partial charge in [0, 0.05) is 85.9 Å². The maximum absolute atomic E-state index is 15.6. The molecule has 0 bridgehead atoms. The Hall–Kier alpha value is -6.94. The lowest BCUT2D eigenvalue weighted by Crippen LogP contribution is -3.00. The van der Waals surface area contributed by atoms with E-state index >= 15 is 4.39 Å². The highest BCUT2D eigenvalue weighted by Crippen LogP contribution is 2.42. The van der Waals surface area contributed by atoms with Gasteiger partial charge in [-0.25, -0.2) is 32.6 Å². The summed E-state index contributed by atoms with van der Waals surface area (Å²) in [5, 5.41) is 18.9. The Balaban J connectivity index is 0.00000780. The lowest BCUT2D eigenvalue weighted by molar-refractivity contribution is -0.753. The van der Waals surface area contributed by atoms with E-state index in [0.29, 0.717) is 29.8 Å². The van der Waals surface area contributed by atoms with Gasteiger partial charge in [-0.1, -0.05) is 19.1 Å². The van der Waals surface area contributed by atoms with E-state index in [-0.39, 0.29) is 68.3 Å². The SMILES string of the molecule is CC[C@@H]([C@H](C)O)n1ncn(-c2ccc(N3CCN(c4ccc(OC[C@@H]5CO[C@@](Cn6c[n+](C(C)OC(=O)N(C)c7ncccc7COC(=O)CN(C)C)cn6)(c6ccc(F)cc6F)C5)cc4)CC3)cc2)c1=O.[Cl-]. The first-order chi connectivity index (χ1) is 34.6. The number of hydrogen-bond donors (Lipinski definition) is 1. The molecule has 3 aromatic heterocycles. The van der Waals surface area contributed by atoms with E-state index in [1.165, 1.54) is 52.2 Å². The molecule has 0 aliphatic carbocycles. The van der Waals surface area contributed by atoms with Crippen LogP contribution in [0.1, 0.15) is 57.0 Å². The van der Waals surface area contributed by atoms with Crippen molar-refractivity contribution in [3.8, 4) is 11.4 Å². The van der Waals surface area contributed by atoms with E-state index in [1.807, 2.05) is 55.5 Å². The fourth-order valence-corrected chi connectivity index (χ4v) is 9.21. The van der Waals surface area contributed by atoms with Crippen molar-refractivity contribution in [2.75, 3.05) is 81.8 Å². The molecule has 19 nitrogen and oxygen atoms in total. The Bertz CT molecular complexity index is 2860. The van der Waals surface area contributed by atoms with Crippen LogP contribution >= 0.6 is 0 Å². The summed E-state index contributed by atoms with van der Waals surface area (Å²) >= 11 is 0. The Morgan fingerprint density at radius 2 is 1.62 bits per heavy atom. The van der Waals surface area contributed by atoms with Gasteiger partial charge < -0.3 is 46.3 Å². The molecule has 1 N–H and O–H groups in total. The predicted octanol–water partition coefficient (Wildman–Crippen LogP) is 2.26. The van der Waals surface area contributed by atoms with Crippen molar-refractivity contribution in [2.45, 2.75) is 70.7 Å². The average Bonchev–Trinajstić information content (AvgIpc) is 4.12. The number of rotatable bonds is 19. The molecule has 8 rings (SSSR count). The van der Waals surface area contributed by atoms with Gasteiger partial charge in [-0.05, 0) is 94.5 Å². The van der Waals surface area contributed by atoms with Crippen molar-refractivity contribution in [2.24, 2.45) is 5.92 Å². The zero-order valence-electron chi connectivity index (χ0n) is 41.8. The van der Waals surface area contributed by atoms with Crippen LogP contribution in [-0.2, 0) is 37.8 Å². The van der Waals surface area contributed by atoms with Crippen molar-refractivity contribution in [3.05, 3.63) is 137 Å². The fraction of sp³-hybridized carbons (Fsp3) is 0.431. The number of anilines is 3. The zero-order chi connectivity index (χ0) is 51.1. The zero-order valence-corrected chi connectivity index (χ0v) is 42.5. The predicted molar refractivity (Wildman–Crippen MR) is 262 cm³/mol. The second kappa shape index (κ2) is 23.7. The minimum atomic E-state index is -1.23. The molecule has 22 heteroatoms. The lowest BCUT2D eigenvalue weighted by atomic mass is 9.87. The van der Waals surface area contributed by atoms with Crippen molar-refractivity contribution in [3.63, 3.8) is 0 Å². The Morgan fingerprint density at radius 3 is 2.26 bits per heavy atom. The molecule has 5 heterocycles. The Morgan fingerprint density at radius 1 is 0.945 bits per heavy atom. The van der Waals surface area contributed by atoms with Crippen LogP contribution in [0.2, 0.25) is 0 Å². The molecule has 390 valence electrons. The summed E-state index contributed by atoms with van der Waals surface area (Å²) in [7, 11) is 5.02. The van der Waals surface area contributed by atoms with Crippen molar-refractivity contribution in [1.82, 2.24) is 34.0 Å². The molecule has 2 aliphatic rings. The van der Waals surface area contributed by atoms with E-state index in [0.717, 1.165) is 43.6 Å². The maximum atomic E-state index is 15.6. The number of carbonyl (C=O) groups is 2. The third kappa shape index (κ3) is 12.6. The van der Waals surface area contributed by atoms with Crippen LogP contribution in [0.3, 0.4) is 0 Å². The van der Waals surface area contributed by atoms with Crippen LogP contribution in [0.4, 0.5) is 30.8 Å². The molecule has 2 fully saturated rings. The van der Waals surface area contributed by atoms with Gasteiger partial charge in [0.2, 0.25) is 12.6 Å². The van der Waals surface area contributed by atoms with Gasteiger partial charge in [0.15, 0.2) is 0 Å². The summed E-state index contributed by atoms with van der Waals surface area (Å²) in [5.74, 6) is -1.08. The van der Waals surface area contributed by atoms with E-state index in [4.69, 9.17) is 18.9 Å². The van der Waals surface area contributed by atoms with Crippen LogP contribution in [-0.4, -0.2) is 124 Å². The Kier molecular flexibility index (Phi) is 17.5. The lowest BCUT2D eigenvalue weighted by Gasteiger charge is -2.37. The number of nitrogens with zero attached hydrogens (tertiary/aromatic N) is 11. The number of pyridine rings is 1. The van der Waals surface area contributed by atoms with Crippen LogP contribution < -0.4 is 42.1 Å². The number of aromatic nitrogens is 7. The molecule has 3 aromatic carbocycles. The highest BCUT2D eigenvalue weighted by Gasteiger charge is 2.46. The number of carbonyl (C=O) groups excluding carboxylic acids is 2. The number of esters is 1. The molecule has 5 atom stereocenters. The number of piperazine rings is 1. The van der Waals surface area contributed by atoms with Crippen LogP contribution in [0, 0.1) is 17.6 Å². The molecule has 2 aliphatic heterocycles. The molecule has 1 unspecified atom stereocenters. The van der Waals surface area contributed by atoms with Gasteiger partial charge in [-0.2, -0.15) is 9.67 Å². The maximum Gasteiger partial charge on any atom is 0.418 e. The summed E-state index contributed by atoms with van der Waals surface area (Å²) in [6, 6.07) is 22.2. The molecule has 0 radical (unpaired) electrons. The third-order valence-electron chi connectivity index (χ3n) is 13.1. The number of benzene rings is 3. The molecule has 73 heavy (non-hydrogen) atoms. The van der Waals surface area contributed by atoms with Gasteiger partial charge >= 0.3 is 17.8 Å². The quantitative estimate of drug-likeness (QED) is 0.0923. The summed E-state index contributed by atoms with van der Waals surface area (Å²) in [6.07, 6.45) is 4.80. The second-order valence-corrected chi connectivity index (χ2v) is 18.6.